The van der Waals surface area contributed by atoms with Crippen LogP contribution in [0, 0.1) is 13.8 Å². The fourth-order valence-corrected chi connectivity index (χ4v) is 3.08. The van der Waals surface area contributed by atoms with Gasteiger partial charge in [0.15, 0.2) is 0 Å². The Bertz CT molecular complexity index is 1050. The number of nitrogens with one attached hydrogen (secondary N) is 1. The number of pyridine rings is 1. The average molecular weight is 388 g/mol. The summed E-state index contributed by atoms with van der Waals surface area (Å²) in [5.41, 5.74) is 2.48. The molecule has 0 amide bonds. The minimum absolute atomic E-state index is 0.164. The maximum Gasteiger partial charge on any atom is 0.416 e. The summed E-state index contributed by atoms with van der Waals surface area (Å²) in [4.78, 5) is 16.8. The van der Waals surface area contributed by atoms with E-state index in [2.05, 4.69) is 10.3 Å². The monoisotopic (exact) mass is 388 g/mol. The van der Waals surface area contributed by atoms with Crippen LogP contribution in [0.5, 0.6) is 0 Å². The molecule has 2 aromatic carbocycles. The van der Waals surface area contributed by atoms with Gasteiger partial charge < -0.3 is 10.1 Å². The number of benzene rings is 2. The second-order valence-electron chi connectivity index (χ2n) is 6.45. The molecule has 0 radical (unpaired) electrons. The SMILES string of the molecule is CCOC(=O)c1cnc2c(C)cc(C)cc2c1Nc1cccc(C(F)(F)F)c1. The van der Waals surface area contributed by atoms with Gasteiger partial charge in [0, 0.05) is 17.3 Å². The van der Waals surface area contributed by atoms with Gasteiger partial charge in [-0.2, -0.15) is 13.2 Å². The maximum atomic E-state index is 13.1. The Kier molecular flexibility index (Phi) is 5.27. The number of ether oxygens (including phenoxy) is 1. The fraction of sp³-hybridized carbons (Fsp3) is 0.238. The molecule has 4 nitrogen and oxygen atoms in total. The third-order valence-electron chi connectivity index (χ3n) is 4.26. The van der Waals surface area contributed by atoms with Gasteiger partial charge in [-0.3, -0.25) is 4.98 Å². The van der Waals surface area contributed by atoms with Gasteiger partial charge in [0.25, 0.3) is 0 Å². The summed E-state index contributed by atoms with van der Waals surface area (Å²) < 4.78 is 44.3. The molecule has 3 rings (SSSR count). The third kappa shape index (κ3) is 3.93. The number of fused-ring (bicyclic) bond motifs is 1. The number of anilines is 2. The normalized spacial score (nSPS) is 11.5. The average Bonchev–Trinajstić information content (AvgIpc) is 2.62. The van der Waals surface area contributed by atoms with Crippen LogP contribution in [-0.2, 0) is 10.9 Å². The highest BCUT2D eigenvalue weighted by Crippen LogP contribution is 2.35. The molecule has 3 aromatic rings. The predicted molar refractivity (Wildman–Crippen MR) is 102 cm³/mol. The minimum Gasteiger partial charge on any atom is -0.462 e. The first-order chi connectivity index (χ1) is 13.2. The van der Waals surface area contributed by atoms with Crippen molar-refractivity contribution in [2.75, 3.05) is 11.9 Å². The predicted octanol–water partition coefficient (Wildman–Crippen LogP) is 5.79. The Morgan fingerprint density at radius 2 is 1.93 bits per heavy atom. The molecule has 0 aliphatic heterocycles. The number of nitrogens with zero attached hydrogens (tertiary/aromatic N) is 1. The number of carbonyl (C=O) groups is 1. The molecule has 0 fully saturated rings. The summed E-state index contributed by atoms with van der Waals surface area (Å²) in [6, 6.07) is 8.62. The van der Waals surface area contributed by atoms with Crippen molar-refractivity contribution in [3.05, 3.63) is 64.8 Å². The first kappa shape index (κ1) is 19.7. The van der Waals surface area contributed by atoms with Crippen LogP contribution in [-0.4, -0.2) is 17.6 Å². The second kappa shape index (κ2) is 7.50. The first-order valence-electron chi connectivity index (χ1n) is 8.72. The van der Waals surface area contributed by atoms with E-state index in [1.165, 1.54) is 18.3 Å². The molecule has 0 atom stereocenters. The number of esters is 1. The highest BCUT2D eigenvalue weighted by molar-refractivity contribution is 6.06. The van der Waals surface area contributed by atoms with Crippen molar-refractivity contribution >= 4 is 28.2 Å². The lowest BCUT2D eigenvalue weighted by atomic mass is 10.0. The zero-order valence-corrected chi connectivity index (χ0v) is 15.6. The highest BCUT2D eigenvalue weighted by atomic mass is 19.4. The molecule has 0 bridgehead atoms. The number of alkyl halides is 3. The van der Waals surface area contributed by atoms with E-state index in [0.29, 0.717) is 16.6 Å². The lowest BCUT2D eigenvalue weighted by Crippen LogP contribution is -2.10. The Hall–Kier alpha value is -3.09. The lowest BCUT2D eigenvalue weighted by Gasteiger charge is -2.16. The Morgan fingerprint density at radius 1 is 1.18 bits per heavy atom. The van der Waals surface area contributed by atoms with Crippen LogP contribution in [0.25, 0.3) is 10.9 Å². The van der Waals surface area contributed by atoms with E-state index < -0.39 is 17.7 Å². The Labute approximate surface area is 160 Å². The third-order valence-corrected chi connectivity index (χ3v) is 4.26. The first-order valence-corrected chi connectivity index (χ1v) is 8.72. The van der Waals surface area contributed by atoms with Crippen LogP contribution >= 0.6 is 0 Å². The van der Waals surface area contributed by atoms with Crippen LogP contribution in [0.1, 0.15) is 34.0 Å². The molecule has 28 heavy (non-hydrogen) atoms. The molecule has 1 N–H and O–H groups in total. The number of rotatable bonds is 4. The molecule has 7 heteroatoms. The molecule has 1 heterocycles. The van der Waals surface area contributed by atoms with Crippen LogP contribution in [0.4, 0.5) is 24.5 Å². The largest absolute Gasteiger partial charge is 0.462 e. The van der Waals surface area contributed by atoms with Crippen molar-refractivity contribution in [1.82, 2.24) is 4.98 Å². The van der Waals surface area contributed by atoms with E-state index in [9.17, 15) is 18.0 Å². The molecule has 1 aromatic heterocycles. The summed E-state index contributed by atoms with van der Waals surface area (Å²) in [7, 11) is 0. The lowest BCUT2D eigenvalue weighted by molar-refractivity contribution is -0.137. The number of hydrogen-bond acceptors (Lipinski definition) is 4. The smallest absolute Gasteiger partial charge is 0.416 e. The van der Waals surface area contributed by atoms with Gasteiger partial charge in [-0.25, -0.2) is 4.79 Å². The van der Waals surface area contributed by atoms with E-state index in [-0.39, 0.29) is 17.9 Å². The van der Waals surface area contributed by atoms with E-state index in [0.717, 1.165) is 23.3 Å². The molecule has 0 unspecified atom stereocenters. The molecule has 0 aliphatic carbocycles. The topological polar surface area (TPSA) is 51.2 Å². The second-order valence-corrected chi connectivity index (χ2v) is 6.45. The zero-order valence-electron chi connectivity index (χ0n) is 15.6. The van der Waals surface area contributed by atoms with Gasteiger partial charge in [-0.15, -0.1) is 0 Å². The van der Waals surface area contributed by atoms with Gasteiger partial charge in [-0.05, 0) is 50.6 Å². The number of carbonyl (C=O) groups excluding carboxylic acids is 1. The molecular formula is C21H19F3N2O2. The van der Waals surface area contributed by atoms with Crippen molar-refractivity contribution in [1.29, 1.82) is 0 Å². The summed E-state index contributed by atoms with van der Waals surface area (Å²) in [5.74, 6) is -0.592. The molecule has 0 spiro atoms. The Balaban J connectivity index is 2.19. The van der Waals surface area contributed by atoms with Crippen molar-refractivity contribution in [2.24, 2.45) is 0 Å². The number of aryl methyl sites for hydroxylation is 2. The Morgan fingerprint density at radius 3 is 2.61 bits per heavy atom. The minimum atomic E-state index is -4.46. The van der Waals surface area contributed by atoms with E-state index >= 15 is 0 Å². The van der Waals surface area contributed by atoms with Crippen LogP contribution in [0.15, 0.2) is 42.6 Å². The molecule has 0 saturated heterocycles. The summed E-state index contributed by atoms with van der Waals surface area (Å²) >= 11 is 0. The van der Waals surface area contributed by atoms with Crippen LogP contribution < -0.4 is 5.32 Å². The maximum absolute atomic E-state index is 13.1. The molecule has 0 aliphatic rings. The van der Waals surface area contributed by atoms with Gasteiger partial charge in [0.1, 0.15) is 5.56 Å². The van der Waals surface area contributed by atoms with Crippen molar-refractivity contribution in [2.45, 2.75) is 26.9 Å². The van der Waals surface area contributed by atoms with E-state index in [1.807, 2.05) is 26.0 Å². The standard InChI is InChI=1S/C21H19F3N2O2/c1-4-28-20(27)17-11-25-18-13(3)8-12(2)9-16(18)19(17)26-15-7-5-6-14(10-15)21(22,23)24/h5-11H,4H2,1-3H3,(H,25,26). The number of halogens is 3. The summed E-state index contributed by atoms with van der Waals surface area (Å²) in [6.45, 7) is 5.64. The summed E-state index contributed by atoms with van der Waals surface area (Å²) in [5, 5.41) is 3.62. The van der Waals surface area contributed by atoms with Gasteiger partial charge in [-0.1, -0.05) is 17.7 Å². The van der Waals surface area contributed by atoms with Gasteiger partial charge in [0.05, 0.1) is 23.4 Å². The number of aromatic nitrogens is 1. The van der Waals surface area contributed by atoms with Gasteiger partial charge >= 0.3 is 12.1 Å². The number of hydrogen-bond donors (Lipinski definition) is 1. The van der Waals surface area contributed by atoms with E-state index in [4.69, 9.17) is 4.74 Å². The van der Waals surface area contributed by atoms with Crippen molar-refractivity contribution in [3.63, 3.8) is 0 Å². The molecule has 0 saturated carbocycles. The zero-order chi connectivity index (χ0) is 20.5. The van der Waals surface area contributed by atoms with Crippen molar-refractivity contribution in [3.8, 4) is 0 Å². The van der Waals surface area contributed by atoms with Crippen LogP contribution in [0.3, 0.4) is 0 Å². The molecule has 146 valence electrons. The van der Waals surface area contributed by atoms with Crippen LogP contribution in [0.2, 0.25) is 0 Å². The van der Waals surface area contributed by atoms with E-state index in [1.54, 1.807) is 6.92 Å². The van der Waals surface area contributed by atoms with Crippen molar-refractivity contribution < 1.29 is 22.7 Å². The van der Waals surface area contributed by atoms with Gasteiger partial charge in [0.2, 0.25) is 0 Å². The highest BCUT2D eigenvalue weighted by Gasteiger charge is 2.30. The molecular weight excluding hydrogens is 369 g/mol. The quantitative estimate of drug-likeness (QED) is 0.575. The fourth-order valence-electron chi connectivity index (χ4n) is 3.08. The summed E-state index contributed by atoms with van der Waals surface area (Å²) in [6.07, 6.45) is -3.08.